The number of rotatable bonds is 5. The first-order valence-electron chi connectivity index (χ1n) is 8.52. The van der Waals surface area contributed by atoms with Gasteiger partial charge in [0.15, 0.2) is 0 Å². The van der Waals surface area contributed by atoms with Crippen LogP contribution in [0.15, 0.2) is 47.3 Å². The Morgan fingerprint density at radius 2 is 1.50 bits per heavy atom. The smallest absolute Gasteiger partial charge is 0.329 e. The van der Waals surface area contributed by atoms with Crippen LogP contribution in [0.4, 0.5) is 16.2 Å². The Kier molecular flexibility index (Phi) is 4.97. The van der Waals surface area contributed by atoms with Crippen molar-refractivity contribution in [2.24, 2.45) is 0 Å². The standard InChI is InChI=1S/C19H22N4O3/c1-4-22-16-11-8-14(12-17(16)23(5-2)19(22)25)21-18(24)20-13-6-9-15(26-3)10-7-13/h6-12H,4-5H2,1-3H3,(H2,20,21,24). The van der Waals surface area contributed by atoms with E-state index in [1.807, 2.05) is 26.0 Å². The zero-order chi connectivity index (χ0) is 18.7. The largest absolute Gasteiger partial charge is 0.497 e. The SMILES string of the molecule is CCn1c(=O)n(CC)c2cc(NC(=O)Nc3ccc(OC)cc3)ccc21. The lowest BCUT2D eigenvalue weighted by Gasteiger charge is -2.09. The molecule has 3 aromatic rings. The highest BCUT2D eigenvalue weighted by atomic mass is 16.5. The maximum absolute atomic E-state index is 12.4. The molecule has 136 valence electrons. The molecule has 0 radical (unpaired) electrons. The summed E-state index contributed by atoms with van der Waals surface area (Å²) < 4.78 is 8.52. The second kappa shape index (κ2) is 7.35. The average molecular weight is 354 g/mol. The zero-order valence-corrected chi connectivity index (χ0v) is 15.1. The van der Waals surface area contributed by atoms with Gasteiger partial charge in [0.25, 0.3) is 0 Å². The molecule has 0 bridgehead atoms. The number of aryl methyl sites for hydroxylation is 2. The Bertz CT molecular complexity index is 986. The number of imidazole rings is 1. The predicted octanol–water partition coefficient (Wildman–Crippen LogP) is 3.50. The predicted molar refractivity (Wildman–Crippen MR) is 103 cm³/mol. The fourth-order valence-corrected chi connectivity index (χ4v) is 2.98. The molecule has 1 aromatic heterocycles. The Balaban J connectivity index is 1.81. The van der Waals surface area contributed by atoms with E-state index < -0.39 is 0 Å². The summed E-state index contributed by atoms with van der Waals surface area (Å²) in [6.07, 6.45) is 0. The van der Waals surface area contributed by atoms with Gasteiger partial charge in [0.2, 0.25) is 0 Å². The van der Waals surface area contributed by atoms with Crippen LogP contribution in [0.2, 0.25) is 0 Å². The highest BCUT2D eigenvalue weighted by molar-refractivity contribution is 6.00. The Labute approximate surface area is 151 Å². The number of hydrogen-bond acceptors (Lipinski definition) is 3. The summed E-state index contributed by atoms with van der Waals surface area (Å²) >= 11 is 0. The van der Waals surface area contributed by atoms with Crippen molar-refractivity contribution in [1.82, 2.24) is 9.13 Å². The summed E-state index contributed by atoms with van der Waals surface area (Å²) in [7, 11) is 1.59. The van der Waals surface area contributed by atoms with Crippen molar-refractivity contribution in [2.45, 2.75) is 26.9 Å². The summed E-state index contributed by atoms with van der Waals surface area (Å²) in [5.41, 5.74) is 2.91. The molecule has 1 heterocycles. The number of urea groups is 1. The normalized spacial score (nSPS) is 10.7. The lowest BCUT2D eigenvalue weighted by atomic mass is 10.2. The highest BCUT2D eigenvalue weighted by Gasteiger charge is 2.12. The van der Waals surface area contributed by atoms with Crippen molar-refractivity contribution in [3.8, 4) is 5.75 Å². The third-order valence-electron chi connectivity index (χ3n) is 4.26. The fraction of sp³-hybridized carbons (Fsp3) is 0.263. The monoisotopic (exact) mass is 354 g/mol. The third-order valence-corrected chi connectivity index (χ3v) is 4.26. The van der Waals surface area contributed by atoms with Gasteiger partial charge in [0, 0.05) is 24.5 Å². The van der Waals surface area contributed by atoms with Gasteiger partial charge in [0.1, 0.15) is 5.75 Å². The van der Waals surface area contributed by atoms with E-state index in [4.69, 9.17) is 4.74 Å². The number of aromatic nitrogens is 2. The number of ether oxygens (including phenoxy) is 1. The van der Waals surface area contributed by atoms with Gasteiger partial charge < -0.3 is 15.4 Å². The van der Waals surface area contributed by atoms with Crippen molar-refractivity contribution < 1.29 is 9.53 Å². The molecule has 0 saturated carbocycles. The van der Waals surface area contributed by atoms with Crippen LogP contribution in [0, 0.1) is 0 Å². The summed E-state index contributed by atoms with van der Waals surface area (Å²) in [5, 5.41) is 5.57. The van der Waals surface area contributed by atoms with Crippen LogP contribution in [0.3, 0.4) is 0 Å². The van der Waals surface area contributed by atoms with Crippen LogP contribution < -0.4 is 21.1 Å². The third kappa shape index (κ3) is 3.28. The lowest BCUT2D eigenvalue weighted by Crippen LogP contribution is -2.23. The molecule has 0 aliphatic carbocycles. The minimum absolute atomic E-state index is 0.0372. The topological polar surface area (TPSA) is 77.3 Å². The molecule has 7 nitrogen and oxygen atoms in total. The van der Waals surface area contributed by atoms with E-state index in [-0.39, 0.29) is 11.7 Å². The molecule has 2 aromatic carbocycles. The lowest BCUT2D eigenvalue weighted by molar-refractivity contribution is 0.262. The molecule has 7 heteroatoms. The Hall–Kier alpha value is -3.22. The van der Waals surface area contributed by atoms with E-state index in [1.165, 1.54) is 0 Å². The van der Waals surface area contributed by atoms with Gasteiger partial charge in [0.05, 0.1) is 18.1 Å². The molecule has 3 rings (SSSR count). The van der Waals surface area contributed by atoms with E-state index in [0.29, 0.717) is 24.5 Å². The van der Waals surface area contributed by atoms with Gasteiger partial charge >= 0.3 is 11.7 Å². The van der Waals surface area contributed by atoms with E-state index in [9.17, 15) is 9.59 Å². The molecule has 0 atom stereocenters. The minimum Gasteiger partial charge on any atom is -0.497 e. The number of benzene rings is 2. The number of nitrogens with zero attached hydrogens (tertiary/aromatic N) is 2. The number of methoxy groups -OCH3 is 1. The number of anilines is 2. The summed E-state index contributed by atoms with van der Waals surface area (Å²) in [5.74, 6) is 0.722. The first-order valence-corrected chi connectivity index (χ1v) is 8.52. The van der Waals surface area contributed by atoms with E-state index in [0.717, 1.165) is 16.8 Å². The van der Waals surface area contributed by atoms with Crippen molar-refractivity contribution >= 4 is 28.4 Å². The number of carbonyl (C=O) groups excluding carboxylic acids is 1. The first-order chi connectivity index (χ1) is 12.6. The van der Waals surface area contributed by atoms with Crippen LogP contribution >= 0.6 is 0 Å². The molecule has 2 N–H and O–H groups in total. The van der Waals surface area contributed by atoms with Gasteiger partial charge in [-0.05, 0) is 56.3 Å². The minimum atomic E-state index is -0.352. The summed E-state index contributed by atoms with van der Waals surface area (Å²) in [4.78, 5) is 24.6. The highest BCUT2D eigenvalue weighted by Crippen LogP contribution is 2.20. The number of carbonyl (C=O) groups is 1. The number of hydrogen-bond donors (Lipinski definition) is 2. The molecule has 0 spiro atoms. The van der Waals surface area contributed by atoms with Gasteiger partial charge in [-0.2, -0.15) is 0 Å². The molecule has 0 fully saturated rings. The maximum Gasteiger partial charge on any atom is 0.329 e. The summed E-state index contributed by atoms with van der Waals surface area (Å²) in [6.45, 7) is 5.05. The molecule has 0 aliphatic heterocycles. The fourth-order valence-electron chi connectivity index (χ4n) is 2.98. The van der Waals surface area contributed by atoms with Gasteiger partial charge in [-0.15, -0.1) is 0 Å². The van der Waals surface area contributed by atoms with Crippen molar-refractivity contribution in [2.75, 3.05) is 17.7 Å². The van der Waals surface area contributed by atoms with Crippen molar-refractivity contribution in [3.63, 3.8) is 0 Å². The maximum atomic E-state index is 12.4. The average Bonchev–Trinajstić information content (AvgIpc) is 2.92. The number of nitrogens with one attached hydrogen (secondary N) is 2. The second-order valence-corrected chi connectivity index (χ2v) is 5.78. The van der Waals surface area contributed by atoms with Crippen molar-refractivity contribution in [1.29, 1.82) is 0 Å². The molecule has 26 heavy (non-hydrogen) atoms. The van der Waals surface area contributed by atoms with Crippen LogP contribution in [-0.4, -0.2) is 22.3 Å². The van der Waals surface area contributed by atoms with Gasteiger partial charge in [-0.25, -0.2) is 9.59 Å². The number of fused-ring (bicyclic) bond motifs is 1. The molecule has 2 amide bonds. The van der Waals surface area contributed by atoms with Crippen LogP contribution in [0.25, 0.3) is 11.0 Å². The second-order valence-electron chi connectivity index (χ2n) is 5.78. The van der Waals surface area contributed by atoms with E-state index in [2.05, 4.69) is 10.6 Å². The van der Waals surface area contributed by atoms with Crippen LogP contribution in [-0.2, 0) is 13.1 Å². The van der Waals surface area contributed by atoms with Gasteiger partial charge in [-0.3, -0.25) is 9.13 Å². The summed E-state index contributed by atoms with van der Waals surface area (Å²) in [6, 6.07) is 12.2. The first kappa shape index (κ1) is 17.6. The molecule has 0 unspecified atom stereocenters. The van der Waals surface area contributed by atoms with E-state index in [1.54, 1.807) is 46.6 Å². The van der Waals surface area contributed by atoms with E-state index >= 15 is 0 Å². The molecule has 0 aliphatic rings. The van der Waals surface area contributed by atoms with Crippen molar-refractivity contribution in [3.05, 3.63) is 52.9 Å². The quantitative estimate of drug-likeness (QED) is 0.736. The Morgan fingerprint density at radius 3 is 2.12 bits per heavy atom. The van der Waals surface area contributed by atoms with Crippen LogP contribution in [0.5, 0.6) is 5.75 Å². The van der Waals surface area contributed by atoms with Gasteiger partial charge in [-0.1, -0.05) is 0 Å². The number of amides is 2. The molecular weight excluding hydrogens is 332 g/mol. The van der Waals surface area contributed by atoms with Crippen LogP contribution in [0.1, 0.15) is 13.8 Å². The molecule has 0 saturated heterocycles. The molecular formula is C19H22N4O3. The zero-order valence-electron chi connectivity index (χ0n) is 15.1. The Morgan fingerprint density at radius 1 is 0.923 bits per heavy atom.